The first-order valence-corrected chi connectivity index (χ1v) is 18.6. The third-order valence-electron chi connectivity index (χ3n) is 11.4. The van der Waals surface area contributed by atoms with Crippen molar-refractivity contribution in [1.82, 2.24) is 4.98 Å². The Morgan fingerprint density at radius 3 is 1.95 bits per heavy atom. The number of rotatable bonds is 6. The van der Waals surface area contributed by atoms with Gasteiger partial charge >= 0.3 is 0 Å². The maximum atomic E-state index is 7.96. The van der Waals surface area contributed by atoms with Gasteiger partial charge in [-0.25, -0.2) is 9.83 Å². The van der Waals surface area contributed by atoms with E-state index in [4.69, 9.17) is 11.6 Å². The zero-order chi connectivity index (χ0) is 37.1. The molecule has 1 unspecified atom stereocenters. The third kappa shape index (κ3) is 4.77. The lowest BCUT2D eigenvalue weighted by atomic mass is 9.66. The molecule has 10 rings (SSSR count). The molecule has 0 saturated carbocycles. The van der Waals surface area contributed by atoms with Gasteiger partial charge in [-0.3, -0.25) is 0 Å². The molecule has 0 amide bonds. The lowest BCUT2D eigenvalue weighted by Crippen LogP contribution is -2.29. The molecular formula is C53H34N2. The van der Waals surface area contributed by atoms with E-state index in [0.717, 1.165) is 72.1 Å². The van der Waals surface area contributed by atoms with E-state index in [9.17, 15) is 0 Å². The Kier molecular flexibility index (Phi) is 7.44. The number of benzene rings is 8. The van der Waals surface area contributed by atoms with Crippen LogP contribution in [0.2, 0.25) is 0 Å². The van der Waals surface area contributed by atoms with Crippen molar-refractivity contribution < 1.29 is 0 Å². The van der Waals surface area contributed by atoms with E-state index in [1.165, 1.54) is 26.9 Å². The summed E-state index contributed by atoms with van der Waals surface area (Å²) in [5.74, 6) is 0. The van der Waals surface area contributed by atoms with Crippen LogP contribution in [0.1, 0.15) is 16.7 Å². The van der Waals surface area contributed by atoms with Crippen molar-refractivity contribution in [2.75, 3.05) is 0 Å². The van der Waals surface area contributed by atoms with Crippen molar-refractivity contribution in [3.8, 4) is 33.5 Å². The van der Waals surface area contributed by atoms with E-state index in [1.807, 2.05) is 18.2 Å². The molecular weight excluding hydrogens is 665 g/mol. The standard InChI is InChI=1S/C53H34N2/c1-4-16-38(5-2)53(39-21-10-7-11-22-39)48-30-37(25-27-42(48)43-28-26-40(54-3)32-49(43)53)45-33-47-51(44-24-15-14-23-41(44)45)46-29-35-19-12-13-20-36(35)31-50(46)55-52(47)34-17-8-6-9-18-34/h4-33H,1-2H2/b38-16+. The molecule has 0 bridgehead atoms. The Morgan fingerprint density at radius 1 is 0.564 bits per heavy atom. The SMILES string of the molecule is [C-]#[N+]c1ccc2c(c1)C(/C(C=C)=C/C=C)(c1ccccc1)c1cc(-c3cc4c(-c5ccccc5)nc5cc6ccccc6cc5c4c4ccccc34)ccc1-2. The van der Waals surface area contributed by atoms with Crippen molar-refractivity contribution in [2.24, 2.45) is 0 Å². The molecule has 0 N–H and O–H groups in total. The zero-order valence-corrected chi connectivity index (χ0v) is 30.1. The number of pyridine rings is 1. The van der Waals surface area contributed by atoms with Crippen LogP contribution in [0.3, 0.4) is 0 Å². The van der Waals surface area contributed by atoms with Crippen molar-refractivity contribution in [3.63, 3.8) is 0 Å². The minimum absolute atomic E-state index is 0.607. The summed E-state index contributed by atoms with van der Waals surface area (Å²) < 4.78 is 0. The summed E-state index contributed by atoms with van der Waals surface area (Å²) in [4.78, 5) is 9.31. The molecule has 0 saturated heterocycles. The Bertz CT molecular complexity index is 3130. The van der Waals surface area contributed by atoms with Gasteiger partial charge in [-0.1, -0.05) is 171 Å². The molecule has 0 aliphatic heterocycles. The van der Waals surface area contributed by atoms with Gasteiger partial charge in [0.05, 0.1) is 23.2 Å². The van der Waals surface area contributed by atoms with Crippen molar-refractivity contribution in [1.29, 1.82) is 0 Å². The smallest absolute Gasteiger partial charge is 0.187 e. The third-order valence-corrected chi connectivity index (χ3v) is 11.4. The van der Waals surface area contributed by atoms with Crippen LogP contribution in [0.4, 0.5) is 5.69 Å². The van der Waals surface area contributed by atoms with E-state index in [1.54, 1.807) is 0 Å². The number of hydrogen-bond acceptors (Lipinski definition) is 1. The van der Waals surface area contributed by atoms with Crippen LogP contribution in [-0.4, -0.2) is 4.98 Å². The first-order chi connectivity index (χ1) is 27.1. The quantitative estimate of drug-likeness (QED) is 0.0731. The number of aromatic nitrogens is 1. The highest BCUT2D eigenvalue weighted by Gasteiger charge is 2.46. The predicted octanol–water partition coefficient (Wildman–Crippen LogP) is 14.2. The average molecular weight is 699 g/mol. The summed E-state index contributed by atoms with van der Waals surface area (Å²) in [5.41, 5.74) is 11.8. The van der Waals surface area contributed by atoms with Gasteiger partial charge in [0.25, 0.3) is 0 Å². The highest BCUT2D eigenvalue weighted by atomic mass is 14.7. The minimum atomic E-state index is -0.723. The summed E-state index contributed by atoms with van der Waals surface area (Å²) in [7, 11) is 0. The molecule has 256 valence electrons. The zero-order valence-electron chi connectivity index (χ0n) is 30.1. The second kappa shape index (κ2) is 12.7. The van der Waals surface area contributed by atoms with Gasteiger partial charge in [-0.05, 0) is 90.3 Å². The van der Waals surface area contributed by atoms with E-state index in [0.29, 0.717) is 5.69 Å². The summed E-state index contributed by atoms with van der Waals surface area (Å²) in [5, 5.41) is 8.20. The van der Waals surface area contributed by atoms with E-state index in [-0.39, 0.29) is 0 Å². The van der Waals surface area contributed by atoms with E-state index in [2.05, 4.69) is 182 Å². The Hall–Kier alpha value is -7.34. The number of hydrogen-bond donors (Lipinski definition) is 0. The van der Waals surface area contributed by atoms with Crippen LogP contribution in [0, 0.1) is 6.57 Å². The molecule has 9 aromatic rings. The maximum absolute atomic E-state index is 7.96. The van der Waals surface area contributed by atoms with Crippen LogP contribution in [0.25, 0.3) is 81.6 Å². The molecule has 1 heterocycles. The van der Waals surface area contributed by atoms with Crippen molar-refractivity contribution >= 4 is 48.9 Å². The van der Waals surface area contributed by atoms with Crippen LogP contribution >= 0.6 is 0 Å². The first kappa shape index (κ1) is 32.3. The van der Waals surface area contributed by atoms with Crippen LogP contribution in [-0.2, 0) is 5.41 Å². The van der Waals surface area contributed by atoms with Crippen LogP contribution in [0.5, 0.6) is 0 Å². The number of nitrogens with zero attached hydrogens (tertiary/aromatic N) is 2. The van der Waals surface area contributed by atoms with Gasteiger partial charge in [-0.15, -0.1) is 0 Å². The summed E-state index contributed by atoms with van der Waals surface area (Å²) in [6, 6.07) is 58.4. The van der Waals surface area contributed by atoms with E-state index >= 15 is 0 Å². The highest BCUT2D eigenvalue weighted by Crippen LogP contribution is 2.58. The molecule has 0 radical (unpaired) electrons. The second-order valence-electron chi connectivity index (χ2n) is 14.2. The largest absolute Gasteiger partial charge is 0.247 e. The van der Waals surface area contributed by atoms with Gasteiger partial charge in [0.15, 0.2) is 5.69 Å². The van der Waals surface area contributed by atoms with Gasteiger partial charge < -0.3 is 0 Å². The second-order valence-corrected chi connectivity index (χ2v) is 14.2. The first-order valence-electron chi connectivity index (χ1n) is 18.6. The lowest BCUT2D eigenvalue weighted by Gasteiger charge is -2.35. The summed E-state index contributed by atoms with van der Waals surface area (Å²) in [6.07, 6.45) is 5.85. The Labute approximate surface area is 320 Å². The normalized spacial score (nSPS) is 14.9. The molecule has 1 aliphatic rings. The monoisotopic (exact) mass is 698 g/mol. The van der Waals surface area contributed by atoms with E-state index < -0.39 is 5.41 Å². The van der Waals surface area contributed by atoms with Gasteiger partial charge in [-0.2, -0.15) is 0 Å². The molecule has 1 atom stereocenters. The van der Waals surface area contributed by atoms with Crippen LogP contribution in [0.15, 0.2) is 201 Å². The maximum Gasteiger partial charge on any atom is 0.187 e. The molecule has 55 heavy (non-hydrogen) atoms. The fourth-order valence-corrected chi connectivity index (χ4v) is 9.11. The average Bonchev–Trinajstić information content (AvgIpc) is 3.54. The topological polar surface area (TPSA) is 17.2 Å². The molecule has 8 aromatic carbocycles. The molecule has 1 aromatic heterocycles. The molecule has 2 nitrogen and oxygen atoms in total. The number of fused-ring (bicyclic) bond motifs is 9. The van der Waals surface area contributed by atoms with Crippen molar-refractivity contribution in [2.45, 2.75) is 5.41 Å². The fraction of sp³-hybridized carbons (Fsp3) is 0.0189. The summed E-state index contributed by atoms with van der Waals surface area (Å²) in [6.45, 7) is 16.4. The van der Waals surface area contributed by atoms with Crippen LogP contribution < -0.4 is 0 Å². The summed E-state index contributed by atoms with van der Waals surface area (Å²) >= 11 is 0. The lowest BCUT2D eigenvalue weighted by molar-refractivity contribution is 0.768. The van der Waals surface area contributed by atoms with Gasteiger partial charge in [0.1, 0.15) is 0 Å². The Morgan fingerprint density at radius 2 is 1.22 bits per heavy atom. The Balaban J connectivity index is 1.33. The van der Waals surface area contributed by atoms with Crippen molar-refractivity contribution in [3.05, 3.63) is 229 Å². The highest BCUT2D eigenvalue weighted by molar-refractivity contribution is 6.26. The fourth-order valence-electron chi connectivity index (χ4n) is 9.11. The van der Waals surface area contributed by atoms with Gasteiger partial charge in [0.2, 0.25) is 0 Å². The number of allylic oxidation sites excluding steroid dienone is 4. The minimum Gasteiger partial charge on any atom is -0.247 e. The molecule has 0 fully saturated rings. The van der Waals surface area contributed by atoms with Gasteiger partial charge in [0, 0.05) is 21.7 Å². The molecule has 1 aliphatic carbocycles. The predicted molar refractivity (Wildman–Crippen MR) is 232 cm³/mol. The molecule has 2 heteroatoms. The molecule has 0 spiro atoms.